The standard InChI is InChI=1S/C14H16N2O3S/c1-2-20(18,19)16(10-14(15)17)13-8-7-11-5-3-4-6-12(11)9-13/h3-9H,2,10H2,1H3,(H2,15,17). The molecule has 0 saturated heterocycles. The number of nitrogens with zero attached hydrogens (tertiary/aromatic N) is 1. The first-order valence-corrected chi connectivity index (χ1v) is 7.82. The Bertz CT molecular complexity index is 741. The van der Waals surface area contributed by atoms with E-state index in [-0.39, 0.29) is 12.3 Å². The molecule has 0 atom stereocenters. The van der Waals surface area contributed by atoms with Crippen LogP contribution in [-0.4, -0.2) is 26.6 Å². The van der Waals surface area contributed by atoms with E-state index in [0.29, 0.717) is 5.69 Å². The van der Waals surface area contributed by atoms with Crippen LogP contribution >= 0.6 is 0 Å². The lowest BCUT2D eigenvalue weighted by Gasteiger charge is -2.22. The molecule has 2 N–H and O–H groups in total. The van der Waals surface area contributed by atoms with Crippen LogP contribution in [0.15, 0.2) is 42.5 Å². The van der Waals surface area contributed by atoms with E-state index >= 15 is 0 Å². The van der Waals surface area contributed by atoms with Gasteiger partial charge in [0.15, 0.2) is 0 Å². The molecular weight excluding hydrogens is 276 g/mol. The summed E-state index contributed by atoms with van der Waals surface area (Å²) in [6.45, 7) is 1.18. The molecule has 0 unspecified atom stereocenters. The summed E-state index contributed by atoms with van der Waals surface area (Å²) in [5, 5.41) is 1.91. The van der Waals surface area contributed by atoms with Gasteiger partial charge in [-0.05, 0) is 29.8 Å². The molecule has 2 aromatic carbocycles. The Kier molecular flexibility index (Phi) is 3.94. The number of hydrogen-bond acceptors (Lipinski definition) is 3. The summed E-state index contributed by atoms with van der Waals surface area (Å²) < 4.78 is 25.2. The highest BCUT2D eigenvalue weighted by Crippen LogP contribution is 2.24. The summed E-state index contributed by atoms with van der Waals surface area (Å²) in [7, 11) is -3.54. The van der Waals surface area contributed by atoms with E-state index < -0.39 is 15.9 Å². The van der Waals surface area contributed by atoms with Crippen molar-refractivity contribution in [2.75, 3.05) is 16.6 Å². The van der Waals surface area contributed by atoms with Gasteiger partial charge >= 0.3 is 0 Å². The van der Waals surface area contributed by atoms with E-state index in [1.165, 1.54) is 6.92 Å². The van der Waals surface area contributed by atoms with Crippen LogP contribution in [0.5, 0.6) is 0 Å². The fourth-order valence-corrected chi connectivity index (χ4v) is 3.05. The molecule has 1 amide bonds. The Morgan fingerprint density at radius 1 is 1.15 bits per heavy atom. The zero-order chi connectivity index (χ0) is 14.8. The number of anilines is 1. The van der Waals surface area contributed by atoms with Gasteiger partial charge in [-0.15, -0.1) is 0 Å². The first-order chi connectivity index (χ1) is 9.44. The highest BCUT2D eigenvalue weighted by atomic mass is 32.2. The zero-order valence-corrected chi connectivity index (χ0v) is 11.9. The molecule has 0 aliphatic heterocycles. The number of amides is 1. The number of sulfonamides is 1. The van der Waals surface area contributed by atoms with Crippen molar-refractivity contribution in [3.63, 3.8) is 0 Å². The molecule has 6 heteroatoms. The van der Waals surface area contributed by atoms with Crippen molar-refractivity contribution in [2.24, 2.45) is 5.73 Å². The SMILES string of the molecule is CCS(=O)(=O)N(CC(N)=O)c1ccc2ccccc2c1. The average Bonchev–Trinajstić information content (AvgIpc) is 2.44. The predicted molar refractivity (Wildman–Crippen MR) is 79.9 cm³/mol. The third-order valence-corrected chi connectivity index (χ3v) is 4.76. The summed E-state index contributed by atoms with van der Waals surface area (Å²) in [5.74, 6) is -0.775. The third-order valence-electron chi connectivity index (χ3n) is 3.02. The molecule has 0 saturated carbocycles. The first-order valence-electron chi connectivity index (χ1n) is 6.21. The fraction of sp³-hybridized carbons (Fsp3) is 0.214. The quantitative estimate of drug-likeness (QED) is 0.906. The monoisotopic (exact) mass is 292 g/mol. The van der Waals surface area contributed by atoms with E-state index in [2.05, 4.69) is 0 Å². The topological polar surface area (TPSA) is 80.5 Å². The number of primary amides is 1. The van der Waals surface area contributed by atoms with Crippen LogP contribution in [0.2, 0.25) is 0 Å². The Morgan fingerprint density at radius 3 is 2.40 bits per heavy atom. The Balaban J connectivity index is 2.53. The second-order valence-electron chi connectivity index (χ2n) is 4.40. The smallest absolute Gasteiger partial charge is 0.238 e. The van der Waals surface area contributed by atoms with E-state index in [1.807, 2.05) is 30.3 Å². The molecule has 0 aliphatic rings. The van der Waals surface area contributed by atoms with Crippen molar-refractivity contribution >= 4 is 32.4 Å². The van der Waals surface area contributed by atoms with Crippen LogP contribution in [0.25, 0.3) is 10.8 Å². The van der Waals surface area contributed by atoms with Crippen LogP contribution in [0.4, 0.5) is 5.69 Å². The van der Waals surface area contributed by atoms with Crippen molar-refractivity contribution in [3.8, 4) is 0 Å². The normalized spacial score (nSPS) is 11.4. The summed E-state index contributed by atoms with van der Waals surface area (Å²) in [6, 6.07) is 12.9. The van der Waals surface area contributed by atoms with Gasteiger partial charge in [0.1, 0.15) is 6.54 Å². The second kappa shape index (κ2) is 5.50. The maximum absolute atomic E-state index is 12.1. The molecule has 0 aliphatic carbocycles. The number of carbonyl (C=O) groups is 1. The molecular formula is C14H16N2O3S. The molecule has 0 fully saturated rings. The van der Waals surface area contributed by atoms with Crippen molar-refractivity contribution in [1.82, 2.24) is 0 Å². The molecule has 2 aromatic rings. The Hall–Kier alpha value is -2.08. The minimum absolute atomic E-state index is 0.0902. The second-order valence-corrected chi connectivity index (χ2v) is 6.59. The molecule has 0 bridgehead atoms. The Morgan fingerprint density at radius 2 is 1.80 bits per heavy atom. The van der Waals surface area contributed by atoms with Gasteiger partial charge in [-0.3, -0.25) is 9.10 Å². The van der Waals surface area contributed by atoms with Crippen LogP contribution in [0.3, 0.4) is 0 Å². The molecule has 106 valence electrons. The maximum Gasteiger partial charge on any atom is 0.238 e. The van der Waals surface area contributed by atoms with Gasteiger partial charge < -0.3 is 5.73 Å². The number of benzene rings is 2. The lowest BCUT2D eigenvalue weighted by atomic mass is 10.1. The van der Waals surface area contributed by atoms with Crippen LogP contribution < -0.4 is 10.0 Å². The third kappa shape index (κ3) is 2.91. The fourth-order valence-electron chi connectivity index (χ4n) is 1.98. The van der Waals surface area contributed by atoms with Crippen molar-refractivity contribution < 1.29 is 13.2 Å². The molecule has 20 heavy (non-hydrogen) atoms. The zero-order valence-electron chi connectivity index (χ0n) is 11.1. The first kappa shape index (κ1) is 14.3. The lowest BCUT2D eigenvalue weighted by Crippen LogP contribution is -2.39. The van der Waals surface area contributed by atoms with Crippen LogP contribution in [0.1, 0.15) is 6.92 Å². The molecule has 0 heterocycles. The highest BCUT2D eigenvalue weighted by molar-refractivity contribution is 7.92. The molecule has 5 nitrogen and oxygen atoms in total. The van der Waals surface area contributed by atoms with Gasteiger partial charge in [-0.1, -0.05) is 30.3 Å². The Labute approximate surface area is 118 Å². The molecule has 2 rings (SSSR count). The number of rotatable bonds is 5. The predicted octanol–water partition coefficient (Wildman–Crippen LogP) is 1.48. The number of nitrogens with two attached hydrogens (primary N) is 1. The highest BCUT2D eigenvalue weighted by Gasteiger charge is 2.22. The van der Waals surface area contributed by atoms with Gasteiger partial charge in [0.05, 0.1) is 11.4 Å². The van der Waals surface area contributed by atoms with Crippen molar-refractivity contribution in [2.45, 2.75) is 6.92 Å². The number of fused-ring (bicyclic) bond motifs is 1. The lowest BCUT2D eigenvalue weighted by molar-refractivity contribution is -0.116. The summed E-state index contributed by atoms with van der Waals surface area (Å²) in [5.41, 5.74) is 5.60. The van der Waals surface area contributed by atoms with Gasteiger partial charge in [0.25, 0.3) is 0 Å². The largest absolute Gasteiger partial charge is 0.368 e. The minimum atomic E-state index is -3.54. The number of hydrogen-bond donors (Lipinski definition) is 1. The molecule has 0 spiro atoms. The average molecular weight is 292 g/mol. The van der Waals surface area contributed by atoms with Crippen molar-refractivity contribution in [3.05, 3.63) is 42.5 Å². The van der Waals surface area contributed by atoms with E-state index in [1.54, 1.807) is 12.1 Å². The van der Waals surface area contributed by atoms with Crippen molar-refractivity contribution in [1.29, 1.82) is 0 Å². The van der Waals surface area contributed by atoms with Gasteiger partial charge in [0, 0.05) is 0 Å². The van der Waals surface area contributed by atoms with Gasteiger partial charge in [-0.2, -0.15) is 0 Å². The van der Waals surface area contributed by atoms with E-state index in [4.69, 9.17) is 5.73 Å². The summed E-state index contributed by atoms with van der Waals surface area (Å²) >= 11 is 0. The summed E-state index contributed by atoms with van der Waals surface area (Å²) in [6.07, 6.45) is 0. The molecule has 0 aromatic heterocycles. The minimum Gasteiger partial charge on any atom is -0.368 e. The van der Waals surface area contributed by atoms with Crippen LogP contribution in [0, 0.1) is 0 Å². The summed E-state index contributed by atoms with van der Waals surface area (Å²) in [4.78, 5) is 11.1. The number of carbonyl (C=O) groups excluding carboxylic acids is 1. The van der Waals surface area contributed by atoms with E-state index in [0.717, 1.165) is 15.1 Å². The van der Waals surface area contributed by atoms with Crippen LogP contribution in [-0.2, 0) is 14.8 Å². The maximum atomic E-state index is 12.1. The van der Waals surface area contributed by atoms with Gasteiger partial charge in [-0.25, -0.2) is 8.42 Å². The molecule has 0 radical (unpaired) electrons. The van der Waals surface area contributed by atoms with E-state index in [9.17, 15) is 13.2 Å². The van der Waals surface area contributed by atoms with Gasteiger partial charge in [0.2, 0.25) is 15.9 Å².